The molecule has 6 nitrogen and oxygen atoms in total. The zero-order chi connectivity index (χ0) is 18.5. The third-order valence-corrected chi connectivity index (χ3v) is 4.41. The lowest BCUT2D eigenvalue weighted by molar-refractivity contribution is 0.0520. The van der Waals surface area contributed by atoms with Crippen molar-refractivity contribution in [3.05, 3.63) is 63.8 Å². The first-order valence-electron chi connectivity index (χ1n) is 7.95. The molecule has 26 heavy (non-hydrogen) atoms. The summed E-state index contributed by atoms with van der Waals surface area (Å²) in [5.41, 5.74) is 3.18. The first-order chi connectivity index (χ1) is 12.6. The summed E-state index contributed by atoms with van der Waals surface area (Å²) < 4.78 is 4.96. The van der Waals surface area contributed by atoms with Crippen molar-refractivity contribution in [2.45, 2.75) is 13.5 Å². The summed E-state index contributed by atoms with van der Waals surface area (Å²) in [6.45, 7) is 2.49. The lowest BCUT2D eigenvalue weighted by Crippen LogP contribution is -2.10. The molecule has 8 heteroatoms. The van der Waals surface area contributed by atoms with Crippen molar-refractivity contribution in [3.63, 3.8) is 0 Å². The Kier molecular flexibility index (Phi) is 5.75. The molecule has 2 aromatic carbocycles. The summed E-state index contributed by atoms with van der Waals surface area (Å²) in [7, 11) is 0. The molecule has 0 unspecified atom stereocenters. The Hall–Kier alpha value is -2.57. The Balaban J connectivity index is 1.75. The van der Waals surface area contributed by atoms with E-state index < -0.39 is 5.97 Å². The molecule has 0 aliphatic heterocycles. The van der Waals surface area contributed by atoms with Gasteiger partial charge in [0.2, 0.25) is 0 Å². The van der Waals surface area contributed by atoms with Crippen LogP contribution in [0, 0.1) is 0 Å². The minimum Gasteiger partial charge on any atom is -0.461 e. The fraction of sp³-hybridized carbons (Fsp3) is 0.167. The molecule has 0 bridgehead atoms. The molecule has 2 N–H and O–H groups in total. The zero-order valence-electron chi connectivity index (χ0n) is 13.9. The fourth-order valence-electron chi connectivity index (χ4n) is 2.42. The second-order valence-corrected chi connectivity index (χ2v) is 6.25. The zero-order valence-corrected chi connectivity index (χ0v) is 15.4. The highest BCUT2D eigenvalue weighted by atomic mass is 35.5. The topological polar surface area (TPSA) is 79.9 Å². The first kappa shape index (κ1) is 18.2. The maximum atomic E-state index is 11.8. The van der Waals surface area contributed by atoms with Gasteiger partial charge < -0.3 is 10.1 Å². The summed E-state index contributed by atoms with van der Waals surface area (Å²) in [6, 6.07) is 13.4. The molecule has 0 saturated carbocycles. The second kappa shape index (κ2) is 8.21. The number of carbonyl (C=O) groups is 1. The standard InChI is InChI=1S/C18H16Cl2N4O2/c1-2-26-18(25)16-17(23-24-22-16)21-10-11-4-3-5-12(8-11)13-6-7-14(19)15(20)9-13/h3-9H,2,10H2,1H3,(H2,21,22,23,24). The van der Waals surface area contributed by atoms with E-state index in [1.165, 1.54) is 0 Å². The van der Waals surface area contributed by atoms with Gasteiger partial charge in [0, 0.05) is 6.54 Å². The Morgan fingerprint density at radius 2 is 1.96 bits per heavy atom. The molecule has 0 spiro atoms. The number of benzene rings is 2. The van der Waals surface area contributed by atoms with Crippen molar-refractivity contribution in [1.29, 1.82) is 0 Å². The summed E-state index contributed by atoms with van der Waals surface area (Å²) in [6.07, 6.45) is 0. The number of nitrogens with zero attached hydrogens (tertiary/aromatic N) is 2. The van der Waals surface area contributed by atoms with Gasteiger partial charge in [-0.3, -0.25) is 0 Å². The van der Waals surface area contributed by atoms with Crippen molar-refractivity contribution < 1.29 is 9.53 Å². The van der Waals surface area contributed by atoms with Crippen LogP contribution in [0.5, 0.6) is 0 Å². The summed E-state index contributed by atoms with van der Waals surface area (Å²) in [4.78, 5) is 11.8. The summed E-state index contributed by atoms with van der Waals surface area (Å²) in [5.74, 6) is -0.145. The van der Waals surface area contributed by atoms with Gasteiger partial charge in [0.25, 0.3) is 0 Å². The maximum Gasteiger partial charge on any atom is 0.360 e. The van der Waals surface area contributed by atoms with Gasteiger partial charge in [-0.2, -0.15) is 0 Å². The number of aromatic nitrogens is 3. The quantitative estimate of drug-likeness (QED) is 0.602. The maximum absolute atomic E-state index is 11.8. The molecule has 3 rings (SSSR count). The van der Waals surface area contributed by atoms with Crippen molar-refractivity contribution in [1.82, 2.24) is 15.4 Å². The minimum absolute atomic E-state index is 0.201. The van der Waals surface area contributed by atoms with E-state index in [1.54, 1.807) is 13.0 Å². The van der Waals surface area contributed by atoms with E-state index >= 15 is 0 Å². The van der Waals surface area contributed by atoms with Crippen molar-refractivity contribution in [2.75, 3.05) is 11.9 Å². The normalized spacial score (nSPS) is 10.6. The average Bonchev–Trinajstić information content (AvgIpc) is 3.11. The van der Waals surface area contributed by atoms with Crippen LogP contribution in [0.1, 0.15) is 23.0 Å². The van der Waals surface area contributed by atoms with Crippen molar-refractivity contribution in [3.8, 4) is 11.1 Å². The van der Waals surface area contributed by atoms with Crippen molar-refractivity contribution >= 4 is 35.0 Å². The molecular weight excluding hydrogens is 375 g/mol. The van der Waals surface area contributed by atoms with Gasteiger partial charge in [0.1, 0.15) is 0 Å². The molecule has 0 amide bonds. The van der Waals surface area contributed by atoms with Gasteiger partial charge in [0.15, 0.2) is 11.5 Å². The van der Waals surface area contributed by atoms with Crippen LogP contribution in [0.25, 0.3) is 11.1 Å². The number of ether oxygens (including phenoxy) is 1. The van der Waals surface area contributed by atoms with Gasteiger partial charge in [-0.1, -0.05) is 52.7 Å². The SMILES string of the molecule is CCOC(=O)c1[nH]nnc1NCc1cccc(-c2ccc(Cl)c(Cl)c2)c1. The number of aromatic amines is 1. The van der Waals surface area contributed by atoms with Crippen LogP contribution in [0.4, 0.5) is 5.82 Å². The molecule has 0 atom stereocenters. The predicted octanol–water partition coefficient (Wildman–Crippen LogP) is 4.57. The van der Waals surface area contributed by atoms with E-state index in [2.05, 4.69) is 20.7 Å². The molecule has 0 aliphatic carbocycles. The first-order valence-corrected chi connectivity index (χ1v) is 8.70. The number of anilines is 1. The van der Waals surface area contributed by atoms with Gasteiger partial charge in [-0.15, -0.1) is 5.10 Å². The minimum atomic E-state index is -0.496. The predicted molar refractivity (Wildman–Crippen MR) is 102 cm³/mol. The van der Waals surface area contributed by atoms with E-state index in [0.717, 1.165) is 16.7 Å². The second-order valence-electron chi connectivity index (χ2n) is 5.44. The summed E-state index contributed by atoms with van der Waals surface area (Å²) in [5, 5.41) is 14.2. The monoisotopic (exact) mass is 390 g/mol. The number of esters is 1. The van der Waals surface area contributed by atoms with Crippen LogP contribution >= 0.6 is 23.2 Å². The number of hydrogen-bond acceptors (Lipinski definition) is 5. The van der Waals surface area contributed by atoms with Gasteiger partial charge >= 0.3 is 5.97 Å². The third-order valence-electron chi connectivity index (χ3n) is 3.67. The molecule has 1 aromatic heterocycles. The lowest BCUT2D eigenvalue weighted by Gasteiger charge is -2.08. The fourth-order valence-corrected chi connectivity index (χ4v) is 2.72. The van der Waals surface area contributed by atoms with E-state index in [9.17, 15) is 4.79 Å². The number of H-pyrrole nitrogens is 1. The van der Waals surface area contributed by atoms with Crippen molar-refractivity contribution in [2.24, 2.45) is 0 Å². The molecule has 3 aromatic rings. The molecule has 0 radical (unpaired) electrons. The highest BCUT2D eigenvalue weighted by Gasteiger charge is 2.16. The van der Waals surface area contributed by atoms with E-state index in [4.69, 9.17) is 27.9 Å². The number of rotatable bonds is 6. The van der Waals surface area contributed by atoms with Crippen LogP contribution in [-0.4, -0.2) is 28.0 Å². The number of carbonyl (C=O) groups excluding carboxylic acids is 1. The van der Waals surface area contributed by atoms with Crippen LogP contribution < -0.4 is 5.32 Å². The van der Waals surface area contributed by atoms with Crippen LogP contribution in [-0.2, 0) is 11.3 Å². The third kappa shape index (κ3) is 4.15. The Morgan fingerprint density at radius 3 is 2.73 bits per heavy atom. The van der Waals surface area contributed by atoms with Crippen LogP contribution in [0.15, 0.2) is 42.5 Å². The molecule has 0 fully saturated rings. The van der Waals surface area contributed by atoms with Gasteiger partial charge in [-0.25, -0.2) is 9.89 Å². The average molecular weight is 391 g/mol. The molecule has 0 aliphatic rings. The van der Waals surface area contributed by atoms with E-state index in [-0.39, 0.29) is 12.3 Å². The van der Waals surface area contributed by atoms with E-state index in [1.807, 2.05) is 36.4 Å². The molecule has 1 heterocycles. The van der Waals surface area contributed by atoms with Gasteiger partial charge in [-0.05, 0) is 41.8 Å². The summed E-state index contributed by atoms with van der Waals surface area (Å²) >= 11 is 12.1. The number of nitrogens with one attached hydrogen (secondary N) is 2. The smallest absolute Gasteiger partial charge is 0.360 e. The highest BCUT2D eigenvalue weighted by molar-refractivity contribution is 6.42. The Morgan fingerprint density at radius 1 is 1.15 bits per heavy atom. The van der Waals surface area contributed by atoms with Crippen LogP contribution in [0.2, 0.25) is 10.0 Å². The lowest BCUT2D eigenvalue weighted by atomic mass is 10.0. The Labute approximate surface area is 160 Å². The number of hydrogen-bond donors (Lipinski definition) is 2. The van der Waals surface area contributed by atoms with Crippen LogP contribution in [0.3, 0.4) is 0 Å². The molecular formula is C18H16Cl2N4O2. The number of halogens is 2. The molecule has 0 saturated heterocycles. The molecule has 134 valence electrons. The highest BCUT2D eigenvalue weighted by Crippen LogP contribution is 2.29. The Bertz CT molecular complexity index is 927. The largest absolute Gasteiger partial charge is 0.461 e. The van der Waals surface area contributed by atoms with E-state index in [0.29, 0.717) is 22.4 Å². The van der Waals surface area contributed by atoms with Gasteiger partial charge in [0.05, 0.1) is 16.7 Å².